The maximum absolute atomic E-state index is 14.4. The number of halogens is 1. The molecule has 0 spiro atoms. The first-order valence-corrected chi connectivity index (χ1v) is 12.9. The number of aromatic nitrogens is 1. The van der Waals surface area contributed by atoms with Crippen molar-refractivity contribution in [1.29, 1.82) is 0 Å². The van der Waals surface area contributed by atoms with E-state index in [1.54, 1.807) is 6.07 Å². The van der Waals surface area contributed by atoms with E-state index in [0.29, 0.717) is 0 Å². The third-order valence-electron chi connectivity index (χ3n) is 8.02. The number of rotatable bonds is 3. The van der Waals surface area contributed by atoms with E-state index in [4.69, 9.17) is 0 Å². The van der Waals surface area contributed by atoms with E-state index in [2.05, 4.69) is 103 Å². The fourth-order valence-electron chi connectivity index (χ4n) is 6.15. The molecule has 0 radical (unpaired) electrons. The molecule has 0 N–H and O–H groups in total. The Morgan fingerprint density at radius 3 is 2.08 bits per heavy atom. The molecule has 7 rings (SSSR count). The summed E-state index contributed by atoms with van der Waals surface area (Å²) < 4.78 is 16.6. The van der Waals surface area contributed by atoms with Crippen molar-refractivity contribution in [2.75, 3.05) is 4.90 Å². The van der Waals surface area contributed by atoms with Crippen molar-refractivity contribution in [2.24, 2.45) is 0 Å². The molecule has 0 amide bonds. The molecule has 184 valence electrons. The second kappa shape index (κ2) is 8.19. The SMILES string of the molecule is C=CN1c2ccccc2C(C)(C)c2ccc(-c3ccc4c(c3)c3cc(F)ccc3n4-c3ccccc3)cc21. The van der Waals surface area contributed by atoms with E-state index in [-0.39, 0.29) is 11.2 Å². The van der Waals surface area contributed by atoms with Gasteiger partial charge in [0.15, 0.2) is 0 Å². The zero-order valence-electron chi connectivity index (χ0n) is 21.4. The van der Waals surface area contributed by atoms with Gasteiger partial charge in [0, 0.05) is 33.8 Å². The maximum Gasteiger partial charge on any atom is 0.123 e. The molecule has 38 heavy (non-hydrogen) atoms. The minimum Gasteiger partial charge on any atom is -0.317 e. The highest BCUT2D eigenvalue weighted by Crippen LogP contribution is 2.50. The van der Waals surface area contributed by atoms with Gasteiger partial charge in [0.05, 0.1) is 16.7 Å². The molecule has 0 bridgehead atoms. The molecule has 3 heteroatoms. The van der Waals surface area contributed by atoms with Crippen molar-refractivity contribution < 1.29 is 4.39 Å². The number of hydrogen-bond donors (Lipinski definition) is 0. The Kier molecular flexibility index (Phi) is 4.86. The Hall–Kier alpha value is -4.63. The van der Waals surface area contributed by atoms with E-state index in [1.807, 2.05) is 30.5 Å². The number of para-hydroxylation sites is 2. The second-order valence-electron chi connectivity index (χ2n) is 10.5. The van der Waals surface area contributed by atoms with Gasteiger partial charge in [0.2, 0.25) is 0 Å². The zero-order valence-corrected chi connectivity index (χ0v) is 21.4. The maximum atomic E-state index is 14.4. The van der Waals surface area contributed by atoms with Gasteiger partial charge in [-0.15, -0.1) is 0 Å². The molecule has 0 unspecified atom stereocenters. The van der Waals surface area contributed by atoms with Gasteiger partial charge in [0.1, 0.15) is 5.82 Å². The summed E-state index contributed by atoms with van der Waals surface area (Å²) in [7, 11) is 0. The van der Waals surface area contributed by atoms with Crippen LogP contribution in [0.15, 0.2) is 122 Å². The van der Waals surface area contributed by atoms with Crippen molar-refractivity contribution in [2.45, 2.75) is 19.3 Å². The van der Waals surface area contributed by atoms with Crippen LogP contribution in [-0.4, -0.2) is 4.57 Å². The topological polar surface area (TPSA) is 8.17 Å². The summed E-state index contributed by atoms with van der Waals surface area (Å²) in [6, 6.07) is 37.1. The van der Waals surface area contributed by atoms with Crippen LogP contribution in [0.3, 0.4) is 0 Å². The quantitative estimate of drug-likeness (QED) is 0.238. The van der Waals surface area contributed by atoms with Gasteiger partial charge in [-0.25, -0.2) is 4.39 Å². The van der Waals surface area contributed by atoms with Crippen molar-refractivity contribution in [3.05, 3.63) is 139 Å². The fraction of sp³-hybridized carbons (Fsp3) is 0.0857. The zero-order chi connectivity index (χ0) is 26.0. The van der Waals surface area contributed by atoms with Crippen LogP contribution in [0.2, 0.25) is 0 Å². The molecular formula is C35H27FN2. The lowest BCUT2D eigenvalue weighted by atomic mass is 9.73. The van der Waals surface area contributed by atoms with Gasteiger partial charge in [-0.05, 0) is 76.9 Å². The van der Waals surface area contributed by atoms with E-state index < -0.39 is 0 Å². The van der Waals surface area contributed by atoms with Gasteiger partial charge in [0.25, 0.3) is 0 Å². The molecule has 0 fully saturated rings. The first-order chi connectivity index (χ1) is 18.5. The van der Waals surface area contributed by atoms with E-state index in [9.17, 15) is 4.39 Å². The van der Waals surface area contributed by atoms with Crippen LogP contribution in [0.5, 0.6) is 0 Å². The number of nitrogens with zero attached hydrogens (tertiary/aromatic N) is 2. The van der Waals surface area contributed by atoms with Crippen LogP contribution in [-0.2, 0) is 5.41 Å². The summed E-state index contributed by atoms with van der Waals surface area (Å²) in [5, 5.41) is 1.94. The Labute approximate surface area is 221 Å². The lowest BCUT2D eigenvalue weighted by molar-refractivity contribution is 0.629. The number of benzene rings is 5. The second-order valence-corrected chi connectivity index (χ2v) is 10.5. The molecule has 2 heterocycles. The van der Waals surface area contributed by atoms with Crippen LogP contribution in [0, 0.1) is 5.82 Å². The lowest BCUT2D eigenvalue weighted by Gasteiger charge is -2.40. The predicted octanol–water partition coefficient (Wildman–Crippen LogP) is 9.51. The number of anilines is 2. The van der Waals surface area contributed by atoms with Crippen molar-refractivity contribution >= 4 is 33.2 Å². The molecule has 0 aliphatic carbocycles. The predicted molar refractivity (Wildman–Crippen MR) is 157 cm³/mol. The highest BCUT2D eigenvalue weighted by molar-refractivity contribution is 6.10. The van der Waals surface area contributed by atoms with Crippen LogP contribution in [0.25, 0.3) is 38.6 Å². The minimum absolute atomic E-state index is 0.130. The third kappa shape index (κ3) is 3.18. The molecule has 0 atom stereocenters. The third-order valence-corrected chi connectivity index (χ3v) is 8.02. The van der Waals surface area contributed by atoms with Gasteiger partial charge in [-0.1, -0.05) is 75.0 Å². The molecular weight excluding hydrogens is 467 g/mol. The van der Waals surface area contributed by atoms with Crippen LogP contribution >= 0.6 is 0 Å². The van der Waals surface area contributed by atoms with Gasteiger partial charge >= 0.3 is 0 Å². The Balaban J connectivity index is 1.44. The normalized spacial score (nSPS) is 13.9. The fourth-order valence-corrected chi connectivity index (χ4v) is 6.15. The van der Waals surface area contributed by atoms with Crippen molar-refractivity contribution in [3.63, 3.8) is 0 Å². The number of fused-ring (bicyclic) bond motifs is 5. The molecule has 5 aromatic carbocycles. The average molecular weight is 495 g/mol. The summed E-state index contributed by atoms with van der Waals surface area (Å²) in [4.78, 5) is 2.19. The molecule has 0 saturated heterocycles. The average Bonchev–Trinajstić information content (AvgIpc) is 3.26. The number of hydrogen-bond acceptors (Lipinski definition) is 1. The highest BCUT2D eigenvalue weighted by atomic mass is 19.1. The summed E-state index contributed by atoms with van der Waals surface area (Å²) in [5.74, 6) is -0.230. The Bertz CT molecular complexity index is 1880. The molecule has 0 saturated carbocycles. The summed E-state index contributed by atoms with van der Waals surface area (Å²) >= 11 is 0. The van der Waals surface area contributed by atoms with E-state index in [1.165, 1.54) is 17.2 Å². The standard InChI is InChI=1S/C35H27FN2/c1-4-37-33-13-9-8-12-29(33)35(2,3)30-17-14-24(21-34(30)37)23-15-18-31-27(20-23)28-22-25(36)16-19-32(28)38(31)26-10-6-5-7-11-26/h4-22H,1H2,2-3H3. The molecule has 1 aromatic heterocycles. The molecule has 1 aliphatic heterocycles. The summed E-state index contributed by atoms with van der Waals surface area (Å²) in [5.41, 5.74) is 10.0. The van der Waals surface area contributed by atoms with Crippen LogP contribution in [0.1, 0.15) is 25.0 Å². The van der Waals surface area contributed by atoms with Crippen LogP contribution < -0.4 is 4.90 Å². The van der Waals surface area contributed by atoms with Gasteiger partial charge < -0.3 is 9.47 Å². The first-order valence-electron chi connectivity index (χ1n) is 12.9. The molecule has 1 aliphatic rings. The molecule has 6 aromatic rings. The highest BCUT2D eigenvalue weighted by Gasteiger charge is 2.35. The van der Waals surface area contributed by atoms with Crippen molar-refractivity contribution in [3.8, 4) is 16.8 Å². The summed E-state index contributed by atoms with van der Waals surface area (Å²) in [6.07, 6.45) is 1.90. The van der Waals surface area contributed by atoms with Crippen molar-refractivity contribution in [1.82, 2.24) is 4.57 Å². The first kappa shape index (κ1) is 22.6. The van der Waals surface area contributed by atoms with Crippen LogP contribution in [0.4, 0.5) is 15.8 Å². The van der Waals surface area contributed by atoms with E-state index in [0.717, 1.165) is 50.0 Å². The Morgan fingerprint density at radius 1 is 0.658 bits per heavy atom. The van der Waals surface area contributed by atoms with Gasteiger partial charge in [-0.2, -0.15) is 0 Å². The lowest BCUT2D eigenvalue weighted by Crippen LogP contribution is -2.30. The smallest absolute Gasteiger partial charge is 0.123 e. The monoisotopic (exact) mass is 494 g/mol. The largest absolute Gasteiger partial charge is 0.317 e. The van der Waals surface area contributed by atoms with Gasteiger partial charge in [-0.3, -0.25) is 0 Å². The summed E-state index contributed by atoms with van der Waals surface area (Å²) in [6.45, 7) is 8.70. The molecule has 2 nitrogen and oxygen atoms in total. The van der Waals surface area contributed by atoms with E-state index >= 15 is 0 Å². The Morgan fingerprint density at radius 2 is 1.29 bits per heavy atom. The minimum atomic E-state index is -0.230.